The van der Waals surface area contributed by atoms with Crippen molar-refractivity contribution in [3.05, 3.63) is 0 Å². The molecule has 0 rings (SSSR count). The molecule has 0 heterocycles. The second-order valence-corrected chi connectivity index (χ2v) is 2.79. The summed E-state index contributed by atoms with van der Waals surface area (Å²) >= 11 is 0. The minimum Gasteiger partial charge on any atom is -0.378 e. The van der Waals surface area contributed by atoms with Gasteiger partial charge >= 0.3 is 0 Å². The topological polar surface area (TPSA) is 20.2 Å². The zero-order valence-corrected chi connectivity index (χ0v) is 7.78. The van der Waals surface area contributed by atoms with Gasteiger partial charge in [-0.25, -0.2) is 0 Å². The molecule has 0 saturated carbocycles. The third-order valence-corrected chi connectivity index (χ3v) is 1.87. The van der Waals surface area contributed by atoms with Crippen LogP contribution >= 0.6 is 0 Å². The maximum atomic E-state index is 9.68. The Morgan fingerprint density at radius 2 is 1.73 bits per heavy atom. The van der Waals surface area contributed by atoms with Gasteiger partial charge in [0.15, 0.2) is 0 Å². The fourth-order valence-electron chi connectivity index (χ4n) is 0.779. The molecule has 0 atom stereocenters. The summed E-state index contributed by atoms with van der Waals surface area (Å²) in [4.78, 5) is 0. The van der Waals surface area contributed by atoms with E-state index in [2.05, 4.69) is 18.8 Å². The average Bonchev–Trinajstić information content (AvgIpc) is 2.05. The van der Waals surface area contributed by atoms with Crippen molar-refractivity contribution in [2.45, 2.75) is 52.1 Å². The molecule has 0 amide bonds. The van der Waals surface area contributed by atoms with Crippen molar-refractivity contribution in [1.82, 2.24) is 0 Å². The van der Waals surface area contributed by atoms with E-state index in [1.165, 1.54) is 0 Å². The molecule has 0 aliphatic heterocycles. The van der Waals surface area contributed by atoms with Crippen LogP contribution in [0, 0.1) is 11.8 Å². The van der Waals surface area contributed by atoms with Gasteiger partial charge in [0.2, 0.25) is 0 Å². The van der Waals surface area contributed by atoms with Crippen LogP contribution in [0.2, 0.25) is 0 Å². The van der Waals surface area contributed by atoms with Gasteiger partial charge in [-0.2, -0.15) is 0 Å². The molecule has 0 bridgehead atoms. The minimum absolute atomic E-state index is 0.722. The quantitative estimate of drug-likeness (QED) is 0.619. The number of hydrogen-bond acceptors (Lipinski definition) is 1. The Labute approximate surface area is 69.8 Å². The van der Waals surface area contributed by atoms with Gasteiger partial charge in [-0.3, -0.25) is 0 Å². The third kappa shape index (κ3) is 4.06. The molecule has 0 radical (unpaired) electrons. The Balaban J connectivity index is 3.98. The van der Waals surface area contributed by atoms with E-state index in [0.29, 0.717) is 0 Å². The summed E-state index contributed by atoms with van der Waals surface area (Å²) in [5, 5.41) is 9.68. The number of unbranched alkanes of at least 4 members (excludes halogenated alkanes) is 1. The van der Waals surface area contributed by atoms with E-state index in [1.54, 1.807) is 0 Å². The predicted molar refractivity (Wildman–Crippen MR) is 48.2 cm³/mol. The van der Waals surface area contributed by atoms with E-state index >= 15 is 0 Å². The molecule has 1 nitrogen and oxygen atoms in total. The summed E-state index contributed by atoms with van der Waals surface area (Å²) in [6.45, 7) is 6.01. The van der Waals surface area contributed by atoms with E-state index in [9.17, 15) is 5.11 Å². The molecule has 0 unspecified atom stereocenters. The lowest BCUT2D eigenvalue weighted by molar-refractivity contribution is 0.0930. The summed E-state index contributed by atoms with van der Waals surface area (Å²) in [6, 6.07) is 0. The van der Waals surface area contributed by atoms with Crippen molar-refractivity contribution in [3.8, 4) is 11.8 Å². The molecule has 0 aliphatic carbocycles. The predicted octanol–water partition coefficient (Wildman–Crippen LogP) is 2.34. The van der Waals surface area contributed by atoms with Crippen LogP contribution in [-0.2, 0) is 0 Å². The lowest BCUT2D eigenvalue weighted by atomic mass is 9.98. The van der Waals surface area contributed by atoms with Gasteiger partial charge in [0.05, 0.1) is 0 Å². The molecule has 1 N–H and O–H groups in total. The molecular formula is C10H18O. The fourth-order valence-corrected chi connectivity index (χ4v) is 0.779. The summed E-state index contributed by atoms with van der Waals surface area (Å²) < 4.78 is 0. The number of aliphatic hydroxyl groups is 1. The highest BCUT2D eigenvalue weighted by atomic mass is 16.3. The summed E-state index contributed by atoms with van der Waals surface area (Å²) in [6.07, 6.45) is 3.40. The summed E-state index contributed by atoms with van der Waals surface area (Å²) in [5.41, 5.74) is -0.727. The molecule has 0 fully saturated rings. The van der Waals surface area contributed by atoms with Crippen molar-refractivity contribution >= 4 is 0 Å². The first kappa shape index (κ1) is 10.5. The molecule has 0 aromatic heterocycles. The van der Waals surface area contributed by atoms with Crippen molar-refractivity contribution in [3.63, 3.8) is 0 Å². The highest BCUT2D eigenvalue weighted by Gasteiger charge is 2.17. The standard InChI is InChI=1S/C10H18O/c1-4-7-8-9-10(11,5-2)6-3/h11H,4-7H2,1-3H3. The molecule has 0 aliphatic rings. The van der Waals surface area contributed by atoms with Crippen LogP contribution in [0.3, 0.4) is 0 Å². The Morgan fingerprint density at radius 3 is 2.09 bits per heavy atom. The van der Waals surface area contributed by atoms with E-state index in [0.717, 1.165) is 25.7 Å². The molecule has 64 valence electrons. The van der Waals surface area contributed by atoms with Gasteiger partial charge < -0.3 is 5.11 Å². The largest absolute Gasteiger partial charge is 0.378 e. The van der Waals surface area contributed by atoms with Gasteiger partial charge in [0.25, 0.3) is 0 Å². The SMILES string of the molecule is CCCC#CC(O)(CC)CC. The van der Waals surface area contributed by atoms with Gasteiger partial charge in [-0.15, -0.1) is 5.92 Å². The Bertz CT molecular complexity index is 146. The van der Waals surface area contributed by atoms with Crippen LogP contribution in [-0.4, -0.2) is 10.7 Å². The second-order valence-electron chi connectivity index (χ2n) is 2.79. The first-order valence-corrected chi connectivity index (χ1v) is 4.41. The maximum absolute atomic E-state index is 9.68. The zero-order valence-electron chi connectivity index (χ0n) is 7.78. The maximum Gasteiger partial charge on any atom is 0.125 e. The van der Waals surface area contributed by atoms with Crippen LogP contribution in [0.5, 0.6) is 0 Å². The van der Waals surface area contributed by atoms with E-state index < -0.39 is 5.60 Å². The third-order valence-electron chi connectivity index (χ3n) is 1.87. The molecule has 1 heteroatoms. The van der Waals surface area contributed by atoms with Crippen LogP contribution in [0.1, 0.15) is 46.5 Å². The van der Waals surface area contributed by atoms with E-state index in [1.807, 2.05) is 13.8 Å². The second kappa shape index (κ2) is 5.21. The van der Waals surface area contributed by atoms with Gasteiger partial charge in [-0.1, -0.05) is 26.7 Å². The lowest BCUT2D eigenvalue weighted by Crippen LogP contribution is -2.23. The smallest absolute Gasteiger partial charge is 0.125 e. The van der Waals surface area contributed by atoms with Crippen molar-refractivity contribution in [2.75, 3.05) is 0 Å². The normalized spacial score (nSPS) is 10.5. The van der Waals surface area contributed by atoms with Gasteiger partial charge in [-0.05, 0) is 19.3 Å². The first-order chi connectivity index (χ1) is 5.18. The number of rotatable bonds is 3. The summed E-state index contributed by atoms with van der Waals surface area (Å²) in [7, 11) is 0. The molecule has 11 heavy (non-hydrogen) atoms. The van der Waals surface area contributed by atoms with Crippen LogP contribution in [0.15, 0.2) is 0 Å². The summed E-state index contributed by atoms with van der Waals surface area (Å²) in [5.74, 6) is 5.88. The van der Waals surface area contributed by atoms with Crippen molar-refractivity contribution < 1.29 is 5.11 Å². The molecule has 0 saturated heterocycles. The Kier molecular flexibility index (Phi) is 4.98. The molecule has 0 aromatic rings. The fraction of sp³-hybridized carbons (Fsp3) is 0.800. The van der Waals surface area contributed by atoms with Crippen molar-refractivity contribution in [2.24, 2.45) is 0 Å². The van der Waals surface area contributed by atoms with Gasteiger partial charge in [0, 0.05) is 6.42 Å². The monoisotopic (exact) mass is 154 g/mol. The Hall–Kier alpha value is -0.480. The van der Waals surface area contributed by atoms with Crippen LogP contribution < -0.4 is 0 Å². The average molecular weight is 154 g/mol. The molecule has 0 spiro atoms. The first-order valence-electron chi connectivity index (χ1n) is 4.41. The Morgan fingerprint density at radius 1 is 1.18 bits per heavy atom. The van der Waals surface area contributed by atoms with Crippen molar-refractivity contribution in [1.29, 1.82) is 0 Å². The lowest BCUT2D eigenvalue weighted by Gasteiger charge is -2.16. The van der Waals surface area contributed by atoms with Crippen LogP contribution in [0.25, 0.3) is 0 Å². The van der Waals surface area contributed by atoms with E-state index in [4.69, 9.17) is 0 Å². The molecule has 0 aromatic carbocycles. The van der Waals surface area contributed by atoms with Crippen LogP contribution in [0.4, 0.5) is 0 Å². The number of hydrogen-bond donors (Lipinski definition) is 1. The zero-order chi connectivity index (χ0) is 8.74. The minimum atomic E-state index is -0.727. The van der Waals surface area contributed by atoms with Gasteiger partial charge in [0.1, 0.15) is 5.60 Å². The molecular weight excluding hydrogens is 136 g/mol. The van der Waals surface area contributed by atoms with E-state index in [-0.39, 0.29) is 0 Å². The highest BCUT2D eigenvalue weighted by molar-refractivity contribution is 5.12. The highest BCUT2D eigenvalue weighted by Crippen LogP contribution is 2.12.